The lowest BCUT2D eigenvalue weighted by Crippen LogP contribution is -2.26. The van der Waals surface area contributed by atoms with E-state index in [0.29, 0.717) is 16.1 Å². The van der Waals surface area contributed by atoms with Gasteiger partial charge in [-0.3, -0.25) is 0 Å². The fourth-order valence-electron chi connectivity index (χ4n) is 2.00. The van der Waals surface area contributed by atoms with Gasteiger partial charge in [-0.15, -0.1) is 0 Å². The summed E-state index contributed by atoms with van der Waals surface area (Å²) in [5.74, 6) is -0.351. The molecule has 6 N–H and O–H groups in total. The molecular formula is C16H19N5O2S. The number of guanidine groups is 2. The third-order valence-electron chi connectivity index (χ3n) is 3.16. The maximum Gasteiger partial charge on any atom is 0.223 e. The molecule has 126 valence electrons. The average Bonchev–Trinajstić information content (AvgIpc) is 2.48. The van der Waals surface area contributed by atoms with Crippen LogP contribution >= 0.6 is 0 Å². The van der Waals surface area contributed by atoms with Gasteiger partial charge in [-0.25, -0.2) is 13.4 Å². The molecule has 0 spiro atoms. The minimum Gasteiger partial charge on any atom is -0.370 e. The molecule has 2 aromatic rings. The largest absolute Gasteiger partial charge is 0.370 e. The second-order valence-corrected chi connectivity index (χ2v) is 7.23. The molecule has 2 aromatic carbocycles. The van der Waals surface area contributed by atoms with E-state index in [2.05, 4.69) is 9.98 Å². The second kappa shape index (κ2) is 7.14. The predicted octanol–water partition coefficient (Wildman–Crippen LogP) is 1.19. The molecule has 0 unspecified atom stereocenters. The zero-order valence-corrected chi connectivity index (χ0v) is 14.0. The Morgan fingerprint density at radius 1 is 0.958 bits per heavy atom. The summed E-state index contributed by atoms with van der Waals surface area (Å²) < 4.78 is 24.8. The molecule has 0 radical (unpaired) electrons. The number of aliphatic imine (C=N–C) groups is 2. The van der Waals surface area contributed by atoms with E-state index in [4.69, 9.17) is 17.2 Å². The Bertz CT molecular complexity index is 866. The van der Waals surface area contributed by atoms with Crippen molar-refractivity contribution < 1.29 is 8.42 Å². The number of rotatable bonds is 4. The Morgan fingerprint density at radius 2 is 1.54 bits per heavy atom. The van der Waals surface area contributed by atoms with Gasteiger partial charge in [-0.05, 0) is 36.8 Å². The number of hydrogen-bond donors (Lipinski definition) is 3. The number of nitrogens with zero attached hydrogens (tertiary/aromatic N) is 2. The summed E-state index contributed by atoms with van der Waals surface area (Å²) in [5, 5.41) is 0. The van der Waals surface area contributed by atoms with E-state index in [9.17, 15) is 8.42 Å². The first-order valence-corrected chi connectivity index (χ1v) is 8.74. The van der Waals surface area contributed by atoms with E-state index >= 15 is 0 Å². The lowest BCUT2D eigenvalue weighted by molar-refractivity contribution is 0.595. The van der Waals surface area contributed by atoms with Crippen molar-refractivity contribution in [1.82, 2.24) is 0 Å². The van der Waals surface area contributed by atoms with Gasteiger partial charge in [0.2, 0.25) is 5.96 Å². The summed E-state index contributed by atoms with van der Waals surface area (Å²) in [6.45, 7) is 1.91. The monoisotopic (exact) mass is 345 g/mol. The molecule has 0 saturated carbocycles. The molecule has 0 atom stereocenters. The SMILES string of the molecule is Cc1ccc(S(=O)(=O)Cc2ccc(N=C(N)N=C(N)N)cc2)cc1. The second-order valence-electron chi connectivity index (χ2n) is 5.25. The van der Waals surface area contributed by atoms with Crippen LogP contribution in [0.3, 0.4) is 0 Å². The molecule has 0 bridgehead atoms. The highest BCUT2D eigenvalue weighted by Crippen LogP contribution is 2.19. The Hall–Kier alpha value is -2.87. The lowest BCUT2D eigenvalue weighted by atomic mass is 10.2. The Balaban J connectivity index is 2.17. The van der Waals surface area contributed by atoms with Crippen LogP contribution in [0.4, 0.5) is 5.69 Å². The topological polar surface area (TPSA) is 137 Å². The highest BCUT2D eigenvalue weighted by Gasteiger charge is 2.15. The minimum absolute atomic E-state index is 0.0740. The van der Waals surface area contributed by atoms with Crippen molar-refractivity contribution in [3.8, 4) is 0 Å². The van der Waals surface area contributed by atoms with Crippen molar-refractivity contribution in [3.05, 3.63) is 59.7 Å². The Morgan fingerprint density at radius 3 is 2.08 bits per heavy atom. The standard InChI is InChI=1S/C16H19N5O2S/c1-11-2-8-14(9-3-11)24(22,23)10-12-4-6-13(7-5-12)20-16(19)21-15(17)18/h2-9H,10H2,1H3,(H6,17,18,19,20,21). The van der Waals surface area contributed by atoms with Gasteiger partial charge in [-0.1, -0.05) is 29.8 Å². The van der Waals surface area contributed by atoms with Crippen LogP contribution < -0.4 is 17.2 Å². The number of hydrogen-bond acceptors (Lipinski definition) is 3. The van der Waals surface area contributed by atoms with Crippen LogP contribution in [0.1, 0.15) is 11.1 Å². The molecule has 8 heteroatoms. The molecule has 0 aliphatic carbocycles. The lowest BCUT2D eigenvalue weighted by Gasteiger charge is -2.06. The summed E-state index contributed by atoms with van der Waals surface area (Å²) in [6.07, 6.45) is 0. The van der Waals surface area contributed by atoms with Gasteiger partial charge < -0.3 is 17.2 Å². The summed E-state index contributed by atoms with van der Waals surface area (Å²) in [7, 11) is -3.40. The quantitative estimate of drug-likeness (QED) is 0.564. The Labute approximate surface area is 140 Å². The summed E-state index contributed by atoms with van der Waals surface area (Å²) in [6, 6.07) is 13.4. The van der Waals surface area contributed by atoms with E-state index in [1.54, 1.807) is 48.5 Å². The first-order valence-electron chi connectivity index (χ1n) is 7.08. The van der Waals surface area contributed by atoms with Crippen LogP contribution in [0.25, 0.3) is 0 Å². The molecule has 0 amide bonds. The zero-order valence-electron chi connectivity index (χ0n) is 13.2. The fraction of sp³-hybridized carbons (Fsp3) is 0.125. The first-order chi connectivity index (χ1) is 11.3. The molecule has 0 aliphatic heterocycles. The first kappa shape index (κ1) is 17.5. The normalized spacial score (nSPS) is 12.0. The van der Waals surface area contributed by atoms with Crippen molar-refractivity contribution >= 4 is 27.4 Å². The molecule has 0 heterocycles. The van der Waals surface area contributed by atoms with E-state index < -0.39 is 9.84 Å². The smallest absolute Gasteiger partial charge is 0.223 e. The fourth-order valence-corrected chi connectivity index (χ4v) is 3.35. The number of nitrogens with two attached hydrogens (primary N) is 3. The molecule has 0 fully saturated rings. The number of sulfone groups is 1. The molecule has 0 aromatic heterocycles. The van der Waals surface area contributed by atoms with Gasteiger partial charge in [0.1, 0.15) is 0 Å². The highest BCUT2D eigenvalue weighted by molar-refractivity contribution is 7.90. The van der Waals surface area contributed by atoms with Crippen LogP contribution in [0.15, 0.2) is 63.4 Å². The molecular weight excluding hydrogens is 326 g/mol. The third kappa shape index (κ3) is 4.82. The number of benzene rings is 2. The predicted molar refractivity (Wildman–Crippen MR) is 95.6 cm³/mol. The van der Waals surface area contributed by atoms with Crippen LogP contribution in [0.2, 0.25) is 0 Å². The summed E-state index contributed by atoms with van der Waals surface area (Å²) >= 11 is 0. The average molecular weight is 345 g/mol. The van der Waals surface area contributed by atoms with Gasteiger partial charge in [0, 0.05) is 0 Å². The third-order valence-corrected chi connectivity index (χ3v) is 4.86. The van der Waals surface area contributed by atoms with E-state index in [1.807, 2.05) is 6.92 Å². The van der Waals surface area contributed by atoms with Crippen molar-refractivity contribution in [1.29, 1.82) is 0 Å². The maximum atomic E-state index is 12.4. The molecule has 0 aliphatic rings. The minimum atomic E-state index is -3.40. The van der Waals surface area contributed by atoms with Gasteiger partial charge in [0.15, 0.2) is 15.8 Å². The van der Waals surface area contributed by atoms with Gasteiger partial charge in [-0.2, -0.15) is 4.99 Å². The van der Waals surface area contributed by atoms with Crippen LogP contribution in [0.5, 0.6) is 0 Å². The van der Waals surface area contributed by atoms with E-state index in [1.165, 1.54) is 0 Å². The molecule has 7 nitrogen and oxygen atoms in total. The molecule has 24 heavy (non-hydrogen) atoms. The number of aryl methyl sites for hydroxylation is 1. The molecule has 0 saturated heterocycles. The maximum absolute atomic E-state index is 12.4. The Kier molecular flexibility index (Phi) is 5.20. The van der Waals surface area contributed by atoms with Crippen LogP contribution in [0, 0.1) is 6.92 Å². The van der Waals surface area contributed by atoms with Gasteiger partial charge in [0.05, 0.1) is 16.3 Å². The van der Waals surface area contributed by atoms with Crippen LogP contribution in [-0.4, -0.2) is 20.3 Å². The highest BCUT2D eigenvalue weighted by atomic mass is 32.2. The van der Waals surface area contributed by atoms with Crippen molar-refractivity contribution in [2.75, 3.05) is 0 Å². The zero-order chi connectivity index (χ0) is 17.7. The molecule has 2 rings (SSSR count). The van der Waals surface area contributed by atoms with Crippen molar-refractivity contribution in [3.63, 3.8) is 0 Å². The van der Waals surface area contributed by atoms with Gasteiger partial charge >= 0.3 is 0 Å². The summed E-state index contributed by atoms with van der Waals surface area (Å²) in [5.41, 5.74) is 18.1. The van der Waals surface area contributed by atoms with Crippen LogP contribution in [-0.2, 0) is 15.6 Å². The van der Waals surface area contributed by atoms with E-state index in [-0.39, 0.29) is 17.7 Å². The van der Waals surface area contributed by atoms with Gasteiger partial charge in [0.25, 0.3) is 0 Å². The van der Waals surface area contributed by atoms with Crippen molar-refractivity contribution in [2.45, 2.75) is 17.6 Å². The summed E-state index contributed by atoms with van der Waals surface area (Å²) in [4.78, 5) is 7.91. The van der Waals surface area contributed by atoms with E-state index in [0.717, 1.165) is 5.56 Å². The van der Waals surface area contributed by atoms with Crippen molar-refractivity contribution in [2.24, 2.45) is 27.2 Å².